The van der Waals surface area contributed by atoms with Gasteiger partial charge in [0.05, 0.1) is 18.3 Å². The SMILES string of the molecule is CCS(=O)(=O)N[C@@H]1[C@@H]2Cc3cccc(c3)-c3cccc(F)c3OCCN(C)C(=O)N2CC12CC2. The molecule has 1 aliphatic carbocycles. The van der Waals surface area contributed by atoms with Crippen LogP contribution in [0.2, 0.25) is 0 Å². The van der Waals surface area contributed by atoms with Crippen LogP contribution in [-0.4, -0.2) is 68.8 Å². The summed E-state index contributed by atoms with van der Waals surface area (Å²) in [5.74, 6) is -0.280. The molecule has 2 bridgehead atoms. The number of amides is 2. The number of sulfonamides is 1. The number of likely N-dealkylation sites (N-methyl/N-ethyl adjacent to an activating group) is 1. The summed E-state index contributed by atoms with van der Waals surface area (Å²) < 4.78 is 48.6. The Bertz CT molecular complexity index is 1210. The molecule has 0 unspecified atom stereocenters. The van der Waals surface area contributed by atoms with Gasteiger partial charge in [-0.05, 0) is 43.4 Å². The lowest BCUT2D eigenvalue weighted by atomic mass is 9.91. The highest BCUT2D eigenvalue weighted by molar-refractivity contribution is 7.89. The van der Waals surface area contributed by atoms with E-state index in [1.807, 2.05) is 35.2 Å². The molecule has 1 saturated carbocycles. The normalized spacial score (nSPS) is 23.9. The minimum absolute atomic E-state index is 0.00464. The fourth-order valence-corrected chi connectivity index (χ4v) is 6.24. The second-order valence-corrected chi connectivity index (χ2v) is 11.7. The zero-order chi connectivity index (χ0) is 24.1. The van der Waals surface area contributed by atoms with E-state index < -0.39 is 15.8 Å². The Morgan fingerprint density at radius 3 is 2.71 bits per heavy atom. The maximum atomic E-state index is 14.7. The highest BCUT2D eigenvalue weighted by atomic mass is 32.2. The average Bonchev–Trinajstić information content (AvgIpc) is 3.54. The summed E-state index contributed by atoms with van der Waals surface area (Å²) in [7, 11) is -1.75. The van der Waals surface area contributed by atoms with Crippen molar-refractivity contribution in [2.45, 2.75) is 38.3 Å². The number of para-hydroxylation sites is 1. The van der Waals surface area contributed by atoms with Crippen LogP contribution < -0.4 is 9.46 Å². The van der Waals surface area contributed by atoms with E-state index in [0.717, 1.165) is 24.0 Å². The number of nitrogens with zero attached hydrogens (tertiary/aromatic N) is 2. The van der Waals surface area contributed by atoms with E-state index in [9.17, 15) is 17.6 Å². The number of benzene rings is 2. The molecule has 2 fully saturated rings. The molecule has 2 aliphatic heterocycles. The fraction of sp³-hybridized carbons (Fsp3) is 0.480. The van der Waals surface area contributed by atoms with Crippen LogP contribution in [0.25, 0.3) is 11.1 Å². The van der Waals surface area contributed by atoms with Gasteiger partial charge in [-0.2, -0.15) is 0 Å². The lowest BCUT2D eigenvalue weighted by Gasteiger charge is -2.32. The summed E-state index contributed by atoms with van der Waals surface area (Å²) in [5, 5.41) is 0. The summed E-state index contributed by atoms with van der Waals surface area (Å²) in [4.78, 5) is 16.9. The lowest BCUT2D eigenvalue weighted by Crippen LogP contribution is -2.52. The third kappa shape index (κ3) is 4.15. The van der Waals surface area contributed by atoms with Gasteiger partial charge in [-0.25, -0.2) is 22.3 Å². The molecule has 3 aliphatic rings. The van der Waals surface area contributed by atoms with E-state index in [2.05, 4.69) is 4.72 Å². The second kappa shape index (κ2) is 8.53. The summed E-state index contributed by atoms with van der Waals surface area (Å²) >= 11 is 0. The molecular weight excluding hydrogens is 457 g/mol. The molecule has 2 aromatic carbocycles. The molecule has 182 valence electrons. The predicted octanol–water partition coefficient (Wildman–Crippen LogP) is 3.25. The molecule has 9 heteroatoms. The third-order valence-electron chi connectivity index (χ3n) is 7.40. The van der Waals surface area contributed by atoms with E-state index in [-0.39, 0.29) is 48.2 Å². The van der Waals surface area contributed by atoms with Crippen LogP contribution in [0.1, 0.15) is 25.3 Å². The van der Waals surface area contributed by atoms with Gasteiger partial charge in [0, 0.05) is 30.6 Å². The summed E-state index contributed by atoms with van der Waals surface area (Å²) in [5.41, 5.74) is 2.21. The number of ether oxygens (including phenoxy) is 1. The van der Waals surface area contributed by atoms with Gasteiger partial charge in [0.1, 0.15) is 6.61 Å². The quantitative estimate of drug-likeness (QED) is 0.721. The molecular formula is C25H30FN3O4S. The first-order valence-electron chi connectivity index (χ1n) is 11.8. The summed E-state index contributed by atoms with van der Waals surface area (Å²) in [6, 6.07) is 11.8. The first kappa shape index (κ1) is 23.1. The Morgan fingerprint density at radius 1 is 1.21 bits per heavy atom. The third-order valence-corrected chi connectivity index (χ3v) is 8.78. The van der Waals surface area contributed by atoms with Crippen molar-refractivity contribution in [2.24, 2.45) is 5.41 Å². The van der Waals surface area contributed by atoms with Crippen molar-refractivity contribution in [3.05, 3.63) is 53.8 Å². The van der Waals surface area contributed by atoms with Gasteiger partial charge in [-0.15, -0.1) is 0 Å². The number of rotatable bonds is 3. The fourth-order valence-electron chi connectivity index (χ4n) is 5.28. The maximum Gasteiger partial charge on any atom is 0.320 e. The second-order valence-electron chi connectivity index (χ2n) is 9.63. The van der Waals surface area contributed by atoms with Gasteiger partial charge < -0.3 is 14.5 Å². The molecule has 2 aromatic rings. The number of nitrogens with one attached hydrogen (secondary N) is 1. The highest BCUT2D eigenvalue weighted by Crippen LogP contribution is 2.55. The van der Waals surface area contributed by atoms with Crippen LogP contribution in [0, 0.1) is 11.2 Å². The number of hydrogen-bond acceptors (Lipinski definition) is 4. The minimum Gasteiger partial charge on any atom is -0.488 e. The summed E-state index contributed by atoms with van der Waals surface area (Å²) in [6.07, 6.45) is 2.28. The van der Waals surface area contributed by atoms with Crippen LogP contribution >= 0.6 is 0 Å². The van der Waals surface area contributed by atoms with E-state index in [4.69, 9.17) is 4.74 Å². The van der Waals surface area contributed by atoms with E-state index in [1.54, 1.807) is 24.9 Å². The molecule has 2 heterocycles. The van der Waals surface area contributed by atoms with Crippen molar-refractivity contribution in [1.29, 1.82) is 0 Å². The minimum atomic E-state index is -3.45. The number of fused-ring (bicyclic) bond motifs is 5. The van der Waals surface area contributed by atoms with Crippen molar-refractivity contribution in [2.75, 3.05) is 32.5 Å². The smallest absolute Gasteiger partial charge is 0.320 e. The van der Waals surface area contributed by atoms with Crippen LogP contribution in [0.15, 0.2) is 42.5 Å². The highest BCUT2D eigenvalue weighted by Gasteiger charge is 2.61. The molecule has 1 N–H and O–H groups in total. The Balaban J connectivity index is 1.59. The van der Waals surface area contributed by atoms with Gasteiger partial charge >= 0.3 is 6.03 Å². The van der Waals surface area contributed by atoms with Gasteiger partial charge in [0.2, 0.25) is 10.0 Å². The Labute approximate surface area is 199 Å². The van der Waals surface area contributed by atoms with Crippen molar-refractivity contribution in [1.82, 2.24) is 14.5 Å². The number of urea groups is 1. The molecule has 0 radical (unpaired) electrons. The number of carbonyl (C=O) groups is 1. The molecule has 2 amide bonds. The van der Waals surface area contributed by atoms with E-state index >= 15 is 0 Å². The van der Waals surface area contributed by atoms with Gasteiger partial charge in [0.25, 0.3) is 0 Å². The van der Waals surface area contributed by atoms with Gasteiger partial charge in [-0.1, -0.05) is 36.4 Å². The molecule has 7 nitrogen and oxygen atoms in total. The standard InChI is InChI=1S/C25H30FN3O4S/c1-3-34(31,32)27-23-21-15-17-6-4-7-18(14-17)19-8-5-9-20(26)22(19)33-13-12-28(2)24(30)29(21)16-25(23)10-11-25/h4-9,14,21,23,27H,3,10-13,15-16H2,1-2H3/t21-,23+/m0/s1. The molecule has 0 aromatic heterocycles. The molecule has 1 saturated heterocycles. The lowest BCUT2D eigenvalue weighted by molar-refractivity contribution is 0.146. The van der Waals surface area contributed by atoms with Crippen molar-refractivity contribution < 1.29 is 22.3 Å². The number of halogens is 1. The maximum absolute atomic E-state index is 14.7. The zero-order valence-corrected chi connectivity index (χ0v) is 20.3. The number of hydrogen-bond donors (Lipinski definition) is 1. The molecule has 2 atom stereocenters. The van der Waals surface area contributed by atoms with Crippen LogP contribution in [0.5, 0.6) is 5.75 Å². The molecule has 1 spiro atoms. The molecule has 5 rings (SSSR count). The van der Waals surface area contributed by atoms with Gasteiger partial charge in [-0.3, -0.25) is 0 Å². The summed E-state index contributed by atoms with van der Waals surface area (Å²) in [6.45, 7) is 2.57. The predicted molar refractivity (Wildman–Crippen MR) is 128 cm³/mol. The van der Waals surface area contributed by atoms with Crippen LogP contribution in [0.3, 0.4) is 0 Å². The van der Waals surface area contributed by atoms with Crippen LogP contribution in [0.4, 0.5) is 9.18 Å². The van der Waals surface area contributed by atoms with E-state index in [0.29, 0.717) is 18.5 Å². The van der Waals surface area contributed by atoms with Crippen molar-refractivity contribution in [3.8, 4) is 16.9 Å². The zero-order valence-electron chi connectivity index (χ0n) is 19.5. The largest absolute Gasteiger partial charge is 0.488 e. The van der Waals surface area contributed by atoms with Gasteiger partial charge in [0.15, 0.2) is 11.6 Å². The first-order chi connectivity index (χ1) is 16.2. The monoisotopic (exact) mass is 487 g/mol. The Kier molecular flexibility index (Phi) is 5.80. The Morgan fingerprint density at radius 2 is 1.97 bits per heavy atom. The Hall–Kier alpha value is -2.65. The van der Waals surface area contributed by atoms with Crippen LogP contribution in [-0.2, 0) is 16.4 Å². The number of carbonyl (C=O) groups excluding carboxylic acids is 1. The van der Waals surface area contributed by atoms with Crippen molar-refractivity contribution in [3.63, 3.8) is 0 Å². The van der Waals surface area contributed by atoms with Crippen molar-refractivity contribution >= 4 is 16.1 Å². The first-order valence-corrected chi connectivity index (χ1v) is 13.4. The van der Waals surface area contributed by atoms with E-state index in [1.165, 1.54) is 6.07 Å². The molecule has 34 heavy (non-hydrogen) atoms. The average molecular weight is 488 g/mol. The topological polar surface area (TPSA) is 79.0 Å².